The Kier molecular flexibility index (Phi) is 6.37. The summed E-state index contributed by atoms with van der Waals surface area (Å²) in [6.45, 7) is 5.59. The summed E-state index contributed by atoms with van der Waals surface area (Å²) in [5.74, 6) is 0.206. The molecule has 8 heteroatoms. The van der Waals surface area contributed by atoms with Gasteiger partial charge in [0.05, 0.1) is 10.7 Å². The molecular formula is C17H19N3O3S2. The van der Waals surface area contributed by atoms with E-state index in [4.69, 9.17) is 0 Å². The highest BCUT2D eigenvalue weighted by Gasteiger charge is 2.15. The van der Waals surface area contributed by atoms with Gasteiger partial charge in [-0.25, -0.2) is 13.4 Å². The van der Waals surface area contributed by atoms with Crippen molar-refractivity contribution in [2.24, 2.45) is 0 Å². The van der Waals surface area contributed by atoms with Crippen LogP contribution in [0.3, 0.4) is 0 Å². The number of rotatable bonds is 8. The molecule has 132 valence electrons. The lowest BCUT2D eigenvalue weighted by atomic mass is 10.2. The molecule has 2 rings (SSSR count). The van der Waals surface area contributed by atoms with Crippen LogP contribution in [0, 0.1) is 0 Å². The normalized spacial score (nSPS) is 12.7. The van der Waals surface area contributed by atoms with Gasteiger partial charge < -0.3 is 10.4 Å². The molecule has 0 aliphatic carbocycles. The molecule has 0 unspecified atom stereocenters. The van der Waals surface area contributed by atoms with Gasteiger partial charge in [0.15, 0.2) is 5.13 Å². The second-order valence-corrected chi connectivity index (χ2v) is 7.60. The van der Waals surface area contributed by atoms with Crippen LogP contribution in [0.25, 0.3) is 0 Å². The number of anilines is 2. The van der Waals surface area contributed by atoms with Gasteiger partial charge in [0.25, 0.3) is 10.0 Å². The van der Waals surface area contributed by atoms with Gasteiger partial charge in [0.2, 0.25) is 0 Å². The average Bonchev–Trinajstić information content (AvgIpc) is 3.07. The molecule has 1 aromatic heterocycles. The molecule has 1 aromatic carbocycles. The van der Waals surface area contributed by atoms with E-state index in [-0.39, 0.29) is 10.7 Å². The van der Waals surface area contributed by atoms with E-state index >= 15 is 0 Å². The number of aliphatic hydroxyl groups is 1. The number of thiazole rings is 1. The summed E-state index contributed by atoms with van der Waals surface area (Å²) >= 11 is 1.21. The lowest BCUT2D eigenvalue weighted by Crippen LogP contribution is -2.13. The lowest BCUT2D eigenvalue weighted by molar-refractivity contribution is 0.408. The van der Waals surface area contributed by atoms with Crippen LogP contribution in [-0.2, 0) is 10.0 Å². The minimum atomic E-state index is -3.66. The predicted octanol–water partition coefficient (Wildman–Crippen LogP) is 3.93. The summed E-state index contributed by atoms with van der Waals surface area (Å²) in [4.78, 5) is 4.06. The summed E-state index contributed by atoms with van der Waals surface area (Å²) in [5, 5.41) is 14.8. The van der Waals surface area contributed by atoms with Crippen LogP contribution >= 0.6 is 11.3 Å². The number of benzene rings is 1. The van der Waals surface area contributed by atoms with E-state index in [2.05, 4.69) is 21.6 Å². The highest BCUT2D eigenvalue weighted by atomic mass is 32.2. The van der Waals surface area contributed by atoms with Crippen LogP contribution in [0.1, 0.15) is 6.92 Å². The second kappa shape index (κ2) is 8.50. The molecule has 0 aliphatic rings. The molecule has 1 heterocycles. The SMILES string of the molecule is C=C/C=C\C(CNc1ccc(S(=O)(=O)Nc2nccs2)cc1)=C(/C)O. The Labute approximate surface area is 151 Å². The number of hydrogen-bond acceptors (Lipinski definition) is 6. The Morgan fingerprint density at radius 2 is 2.08 bits per heavy atom. The molecule has 25 heavy (non-hydrogen) atoms. The van der Waals surface area contributed by atoms with Crippen molar-refractivity contribution in [1.29, 1.82) is 0 Å². The minimum Gasteiger partial charge on any atom is -0.512 e. The van der Waals surface area contributed by atoms with Crippen molar-refractivity contribution in [2.45, 2.75) is 11.8 Å². The highest BCUT2D eigenvalue weighted by molar-refractivity contribution is 7.93. The van der Waals surface area contributed by atoms with Crippen molar-refractivity contribution < 1.29 is 13.5 Å². The molecule has 0 fully saturated rings. The topological polar surface area (TPSA) is 91.3 Å². The molecule has 2 aromatic rings. The van der Waals surface area contributed by atoms with Gasteiger partial charge in [0.1, 0.15) is 0 Å². The van der Waals surface area contributed by atoms with Crippen LogP contribution in [0.5, 0.6) is 0 Å². The molecule has 0 amide bonds. The zero-order valence-electron chi connectivity index (χ0n) is 13.6. The first kappa shape index (κ1) is 18.8. The van der Waals surface area contributed by atoms with Crippen molar-refractivity contribution >= 4 is 32.2 Å². The summed E-state index contributed by atoms with van der Waals surface area (Å²) in [6.07, 6.45) is 6.64. The average molecular weight is 377 g/mol. The standard InChI is InChI=1S/C17H19N3O3S2/c1-3-4-5-14(13(2)21)12-19-15-6-8-16(9-7-15)25(22,23)20-17-18-10-11-24-17/h3-11,19,21H,1,12H2,2H3,(H,18,20)/b5-4-,14-13-. The smallest absolute Gasteiger partial charge is 0.263 e. The fourth-order valence-electron chi connectivity index (χ4n) is 1.89. The van der Waals surface area contributed by atoms with Crippen molar-refractivity contribution in [1.82, 2.24) is 4.98 Å². The molecule has 0 saturated carbocycles. The van der Waals surface area contributed by atoms with Gasteiger partial charge >= 0.3 is 0 Å². The van der Waals surface area contributed by atoms with Crippen LogP contribution in [0.15, 0.2) is 76.9 Å². The Balaban J connectivity index is 2.05. The van der Waals surface area contributed by atoms with Crippen LogP contribution in [-0.4, -0.2) is 25.1 Å². The third-order valence-electron chi connectivity index (χ3n) is 3.20. The van der Waals surface area contributed by atoms with Crippen molar-refractivity contribution in [3.63, 3.8) is 0 Å². The molecule has 0 atom stereocenters. The number of hydrogen-bond donors (Lipinski definition) is 3. The molecule has 3 N–H and O–H groups in total. The molecular weight excluding hydrogens is 358 g/mol. The van der Waals surface area contributed by atoms with E-state index in [0.29, 0.717) is 17.2 Å². The quantitative estimate of drug-likeness (QED) is 0.479. The first-order chi connectivity index (χ1) is 11.9. The fraction of sp³-hybridized carbons (Fsp3) is 0.118. The minimum absolute atomic E-state index is 0.147. The lowest BCUT2D eigenvalue weighted by Gasteiger charge is -2.10. The van der Waals surface area contributed by atoms with E-state index in [9.17, 15) is 13.5 Å². The maximum absolute atomic E-state index is 12.3. The van der Waals surface area contributed by atoms with Gasteiger partial charge in [0, 0.05) is 29.4 Å². The molecule has 0 spiro atoms. The number of allylic oxidation sites excluding steroid dienone is 3. The van der Waals surface area contributed by atoms with E-state index in [1.165, 1.54) is 29.7 Å². The Morgan fingerprint density at radius 1 is 1.36 bits per heavy atom. The zero-order valence-corrected chi connectivity index (χ0v) is 15.3. The molecule has 6 nitrogen and oxygen atoms in total. The van der Waals surface area contributed by atoms with Gasteiger partial charge in [-0.2, -0.15) is 0 Å². The van der Waals surface area contributed by atoms with Crippen molar-refractivity contribution in [3.05, 3.63) is 72.0 Å². The van der Waals surface area contributed by atoms with Crippen molar-refractivity contribution in [3.8, 4) is 0 Å². The molecule has 0 bridgehead atoms. The third-order valence-corrected chi connectivity index (χ3v) is 5.37. The van der Waals surface area contributed by atoms with E-state index < -0.39 is 10.0 Å². The number of nitrogens with one attached hydrogen (secondary N) is 2. The summed E-state index contributed by atoms with van der Waals surface area (Å²) in [7, 11) is -3.66. The van der Waals surface area contributed by atoms with Crippen LogP contribution in [0.4, 0.5) is 10.8 Å². The van der Waals surface area contributed by atoms with Gasteiger partial charge in [-0.05, 0) is 31.2 Å². The monoisotopic (exact) mass is 377 g/mol. The largest absolute Gasteiger partial charge is 0.512 e. The Morgan fingerprint density at radius 3 is 2.64 bits per heavy atom. The first-order valence-corrected chi connectivity index (χ1v) is 9.73. The van der Waals surface area contributed by atoms with Gasteiger partial charge in [-0.1, -0.05) is 24.8 Å². The highest BCUT2D eigenvalue weighted by Crippen LogP contribution is 2.19. The van der Waals surface area contributed by atoms with Gasteiger partial charge in [-0.15, -0.1) is 11.3 Å². The zero-order chi connectivity index (χ0) is 18.3. The third kappa shape index (κ3) is 5.47. The number of aliphatic hydroxyl groups excluding tert-OH is 1. The molecule has 0 radical (unpaired) electrons. The molecule has 0 saturated heterocycles. The van der Waals surface area contributed by atoms with Gasteiger partial charge in [-0.3, -0.25) is 4.72 Å². The number of nitrogens with zero attached hydrogens (tertiary/aromatic N) is 1. The first-order valence-electron chi connectivity index (χ1n) is 7.36. The Bertz CT molecular complexity index is 864. The van der Waals surface area contributed by atoms with Crippen molar-refractivity contribution in [2.75, 3.05) is 16.6 Å². The number of sulfonamides is 1. The summed E-state index contributed by atoms with van der Waals surface area (Å²) in [6, 6.07) is 6.34. The maximum Gasteiger partial charge on any atom is 0.263 e. The van der Waals surface area contributed by atoms with Crippen LogP contribution < -0.4 is 10.0 Å². The van der Waals surface area contributed by atoms with E-state index in [1.807, 2.05) is 0 Å². The maximum atomic E-state index is 12.3. The van der Waals surface area contributed by atoms with Crippen LogP contribution in [0.2, 0.25) is 0 Å². The van der Waals surface area contributed by atoms with E-state index in [1.54, 1.807) is 42.7 Å². The summed E-state index contributed by atoms with van der Waals surface area (Å²) < 4.78 is 26.9. The predicted molar refractivity (Wildman–Crippen MR) is 103 cm³/mol. The summed E-state index contributed by atoms with van der Waals surface area (Å²) in [5.41, 5.74) is 1.45. The van der Waals surface area contributed by atoms with E-state index in [0.717, 1.165) is 5.69 Å². The fourth-order valence-corrected chi connectivity index (χ4v) is 3.68. The second-order valence-electron chi connectivity index (χ2n) is 5.03. The Hall–Kier alpha value is -2.58. The number of aromatic nitrogens is 1. The molecule has 0 aliphatic heterocycles.